The van der Waals surface area contributed by atoms with Gasteiger partial charge < -0.3 is 19.9 Å². The zero-order valence-corrected chi connectivity index (χ0v) is 11.1. The minimum atomic E-state index is -0.946. The van der Waals surface area contributed by atoms with Crippen molar-refractivity contribution < 1.29 is 19.4 Å². The number of rotatable bonds is 5. The van der Waals surface area contributed by atoms with E-state index in [1.807, 2.05) is 0 Å². The Morgan fingerprint density at radius 2 is 1.72 bits per heavy atom. The van der Waals surface area contributed by atoms with Crippen molar-refractivity contribution in [2.24, 2.45) is 0 Å². The normalized spacial score (nSPS) is 10.9. The number of benzene rings is 1. The average Bonchev–Trinajstić information content (AvgIpc) is 2.34. The quantitative estimate of drug-likeness (QED) is 0.827. The number of methoxy groups -OCH3 is 2. The number of carbonyl (C=O) groups excluding carboxylic acids is 1. The second kappa shape index (κ2) is 5.73. The molecule has 0 aliphatic rings. The van der Waals surface area contributed by atoms with E-state index in [-0.39, 0.29) is 12.5 Å². The minimum Gasteiger partial charge on any atom is -0.497 e. The van der Waals surface area contributed by atoms with Crippen molar-refractivity contribution >= 4 is 5.91 Å². The van der Waals surface area contributed by atoms with Gasteiger partial charge in [-0.05, 0) is 26.0 Å². The van der Waals surface area contributed by atoms with Gasteiger partial charge in [-0.2, -0.15) is 0 Å². The van der Waals surface area contributed by atoms with Crippen LogP contribution in [0.15, 0.2) is 18.2 Å². The predicted octanol–water partition coefficient (Wildman–Crippen LogP) is 1.20. The summed E-state index contributed by atoms with van der Waals surface area (Å²) in [6.45, 7) is 3.42. The lowest BCUT2D eigenvalue weighted by atomic mass is 10.1. The van der Waals surface area contributed by atoms with Crippen molar-refractivity contribution in [2.45, 2.75) is 19.4 Å². The summed E-state index contributed by atoms with van der Waals surface area (Å²) >= 11 is 0. The van der Waals surface area contributed by atoms with E-state index in [9.17, 15) is 9.90 Å². The van der Waals surface area contributed by atoms with Gasteiger partial charge in [-0.15, -0.1) is 0 Å². The molecule has 0 radical (unpaired) electrons. The molecule has 1 aromatic carbocycles. The third kappa shape index (κ3) is 4.25. The van der Waals surface area contributed by atoms with Gasteiger partial charge >= 0.3 is 0 Å². The van der Waals surface area contributed by atoms with Gasteiger partial charge in [0.2, 0.25) is 0 Å². The first-order chi connectivity index (χ1) is 8.35. The number of nitrogens with one attached hydrogen (secondary N) is 1. The number of aliphatic hydroxyl groups is 1. The first kappa shape index (κ1) is 14.3. The van der Waals surface area contributed by atoms with Crippen molar-refractivity contribution in [1.29, 1.82) is 0 Å². The van der Waals surface area contributed by atoms with Crippen molar-refractivity contribution in [3.63, 3.8) is 0 Å². The Hall–Kier alpha value is -1.75. The second-order valence-corrected chi connectivity index (χ2v) is 4.60. The summed E-state index contributed by atoms with van der Waals surface area (Å²) in [7, 11) is 3.04. The predicted molar refractivity (Wildman–Crippen MR) is 68.2 cm³/mol. The van der Waals surface area contributed by atoms with Crippen LogP contribution < -0.4 is 14.8 Å². The zero-order valence-electron chi connectivity index (χ0n) is 11.1. The van der Waals surface area contributed by atoms with Gasteiger partial charge in [-0.1, -0.05) is 0 Å². The monoisotopic (exact) mass is 253 g/mol. The molecule has 0 saturated heterocycles. The fourth-order valence-electron chi connectivity index (χ4n) is 1.34. The summed E-state index contributed by atoms with van der Waals surface area (Å²) in [6, 6.07) is 4.91. The highest BCUT2D eigenvalue weighted by Crippen LogP contribution is 2.22. The first-order valence-corrected chi connectivity index (χ1v) is 5.59. The molecule has 0 atom stereocenters. The molecule has 0 bridgehead atoms. The Morgan fingerprint density at radius 1 is 1.22 bits per heavy atom. The molecule has 1 amide bonds. The molecule has 0 heterocycles. The molecule has 0 aromatic heterocycles. The van der Waals surface area contributed by atoms with Crippen molar-refractivity contribution in [2.75, 3.05) is 20.8 Å². The molecular formula is C13H19NO4. The van der Waals surface area contributed by atoms with Crippen LogP contribution in [0.1, 0.15) is 24.2 Å². The van der Waals surface area contributed by atoms with Crippen LogP contribution in [0.4, 0.5) is 0 Å². The average molecular weight is 253 g/mol. The van der Waals surface area contributed by atoms with Crippen LogP contribution in [0.3, 0.4) is 0 Å². The molecule has 0 aliphatic heterocycles. The molecule has 5 nitrogen and oxygen atoms in total. The fraction of sp³-hybridized carbons (Fsp3) is 0.462. The summed E-state index contributed by atoms with van der Waals surface area (Å²) in [4.78, 5) is 11.9. The molecule has 0 aliphatic carbocycles. The van der Waals surface area contributed by atoms with Crippen LogP contribution in [0.2, 0.25) is 0 Å². The Kier molecular flexibility index (Phi) is 4.55. The smallest absolute Gasteiger partial charge is 0.251 e. The Morgan fingerprint density at radius 3 is 2.11 bits per heavy atom. The fourth-order valence-corrected chi connectivity index (χ4v) is 1.34. The molecule has 0 unspecified atom stereocenters. The Labute approximate surface area is 107 Å². The lowest BCUT2D eigenvalue weighted by Crippen LogP contribution is -2.38. The lowest BCUT2D eigenvalue weighted by Gasteiger charge is -2.17. The topological polar surface area (TPSA) is 67.8 Å². The lowest BCUT2D eigenvalue weighted by molar-refractivity contribution is 0.0694. The highest BCUT2D eigenvalue weighted by atomic mass is 16.5. The SMILES string of the molecule is COc1cc(OC)cc(C(=O)NCC(C)(C)O)c1. The first-order valence-electron chi connectivity index (χ1n) is 5.59. The van der Waals surface area contributed by atoms with Crippen LogP contribution in [0.5, 0.6) is 11.5 Å². The minimum absolute atomic E-state index is 0.172. The Bertz CT molecular complexity index is 401. The molecule has 0 fully saturated rings. The van der Waals surface area contributed by atoms with E-state index in [1.54, 1.807) is 32.0 Å². The maximum Gasteiger partial charge on any atom is 0.251 e. The molecule has 0 saturated carbocycles. The van der Waals surface area contributed by atoms with Gasteiger partial charge in [0.05, 0.1) is 19.8 Å². The maximum absolute atomic E-state index is 11.9. The van der Waals surface area contributed by atoms with Gasteiger partial charge in [-0.3, -0.25) is 4.79 Å². The molecule has 1 rings (SSSR count). The molecule has 18 heavy (non-hydrogen) atoms. The summed E-state index contributed by atoms with van der Waals surface area (Å²) in [6.07, 6.45) is 0. The molecule has 5 heteroatoms. The van der Waals surface area contributed by atoms with Crippen LogP contribution in [0, 0.1) is 0 Å². The van der Waals surface area contributed by atoms with Crippen molar-refractivity contribution in [3.05, 3.63) is 23.8 Å². The summed E-state index contributed by atoms with van der Waals surface area (Å²) in [5.74, 6) is 0.805. The van der Waals surface area contributed by atoms with Crippen LogP contribution in [0.25, 0.3) is 0 Å². The van der Waals surface area contributed by atoms with Gasteiger partial charge in [0.15, 0.2) is 0 Å². The largest absolute Gasteiger partial charge is 0.497 e. The van der Waals surface area contributed by atoms with Gasteiger partial charge in [-0.25, -0.2) is 0 Å². The number of hydrogen-bond acceptors (Lipinski definition) is 4. The van der Waals surface area contributed by atoms with Gasteiger partial charge in [0, 0.05) is 18.2 Å². The van der Waals surface area contributed by atoms with E-state index in [1.165, 1.54) is 14.2 Å². The Balaban J connectivity index is 2.84. The van der Waals surface area contributed by atoms with Crippen molar-refractivity contribution in [1.82, 2.24) is 5.32 Å². The number of ether oxygens (including phenoxy) is 2. The van der Waals surface area contributed by atoms with E-state index in [0.29, 0.717) is 17.1 Å². The zero-order chi connectivity index (χ0) is 13.8. The summed E-state index contributed by atoms with van der Waals surface area (Å²) in [5, 5.41) is 12.2. The third-order valence-electron chi connectivity index (χ3n) is 2.30. The van der Waals surface area contributed by atoms with Crippen LogP contribution in [-0.4, -0.2) is 37.4 Å². The molecule has 1 aromatic rings. The van der Waals surface area contributed by atoms with E-state index < -0.39 is 5.60 Å². The van der Waals surface area contributed by atoms with E-state index in [4.69, 9.17) is 9.47 Å². The number of amides is 1. The van der Waals surface area contributed by atoms with E-state index in [0.717, 1.165) is 0 Å². The molecule has 2 N–H and O–H groups in total. The maximum atomic E-state index is 11.9. The van der Waals surface area contributed by atoms with E-state index in [2.05, 4.69) is 5.32 Å². The highest BCUT2D eigenvalue weighted by molar-refractivity contribution is 5.95. The third-order valence-corrected chi connectivity index (χ3v) is 2.30. The standard InChI is InChI=1S/C13H19NO4/c1-13(2,16)8-14-12(15)9-5-10(17-3)7-11(6-9)18-4/h5-7,16H,8H2,1-4H3,(H,14,15). The number of carbonyl (C=O) groups is 1. The van der Waals surface area contributed by atoms with Crippen molar-refractivity contribution in [3.8, 4) is 11.5 Å². The second-order valence-electron chi connectivity index (χ2n) is 4.60. The molecule has 0 spiro atoms. The van der Waals surface area contributed by atoms with Crippen LogP contribution in [-0.2, 0) is 0 Å². The van der Waals surface area contributed by atoms with Gasteiger partial charge in [0.25, 0.3) is 5.91 Å². The van der Waals surface area contributed by atoms with Crippen LogP contribution >= 0.6 is 0 Å². The molecule has 100 valence electrons. The summed E-state index contributed by atoms with van der Waals surface area (Å²) in [5.41, 5.74) is -0.519. The number of hydrogen-bond donors (Lipinski definition) is 2. The van der Waals surface area contributed by atoms with Gasteiger partial charge in [0.1, 0.15) is 11.5 Å². The molecular weight excluding hydrogens is 234 g/mol. The van der Waals surface area contributed by atoms with E-state index >= 15 is 0 Å². The highest BCUT2D eigenvalue weighted by Gasteiger charge is 2.15. The summed E-state index contributed by atoms with van der Waals surface area (Å²) < 4.78 is 10.2.